The number of carbonyl (C=O) groups is 1. The van der Waals surface area contributed by atoms with E-state index in [1.807, 2.05) is 42.5 Å². The van der Waals surface area contributed by atoms with Crippen LogP contribution in [0.25, 0.3) is 0 Å². The summed E-state index contributed by atoms with van der Waals surface area (Å²) in [6, 6.07) is 21.3. The highest BCUT2D eigenvalue weighted by Crippen LogP contribution is 2.24. The van der Waals surface area contributed by atoms with Crippen molar-refractivity contribution in [3.8, 4) is 11.5 Å². The first kappa shape index (κ1) is 21.9. The largest absolute Gasteiger partial charge is 0.490 e. The second kappa shape index (κ2) is 10.8. The van der Waals surface area contributed by atoms with Crippen molar-refractivity contribution in [2.75, 3.05) is 18.5 Å². The number of rotatable bonds is 7. The van der Waals surface area contributed by atoms with E-state index in [1.54, 1.807) is 18.2 Å². The third-order valence-corrected chi connectivity index (χ3v) is 4.48. The normalized spacial score (nSPS) is 10.2. The van der Waals surface area contributed by atoms with Gasteiger partial charge in [-0.1, -0.05) is 53.5 Å². The van der Waals surface area contributed by atoms with Crippen LogP contribution in [0, 0.1) is 0 Å². The third kappa shape index (κ3) is 6.62. The lowest BCUT2D eigenvalue weighted by Crippen LogP contribution is -2.34. The maximum Gasteiger partial charge on any atom is 0.257 e. The average molecular weight is 461 g/mol. The van der Waals surface area contributed by atoms with E-state index >= 15 is 0 Å². The van der Waals surface area contributed by atoms with Gasteiger partial charge in [0, 0.05) is 15.6 Å². The van der Waals surface area contributed by atoms with E-state index < -0.39 is 5.91 Å². The van der Waals surface area contributed by atoms with Gasteiger partial charge in [0.05, 0.1) is 5.69 Å². The summed E-state index contributed by atoms with van der Waals surface area (Å²) in [5.74, 6) is 0.931. The van der Waals surface area contributed by atoms with Crippen LogP contribution in [-0.2, 0) is 0 Å². The maximum atomic E-state index is 12.4. The summed E-state index contributed by atoms with van der Waals surface area (Å²) in [7, 11) is 0. The minimum Gasteiger partial charge on any atom is -0.490 e. The molecule has 0 bridgehead atoms. The fraction of sp³-hybridized carbons (Fsp3) is 0.0909. The molecule has 0 spiro atoms. The van der Waals surface area contributed by atoms with Crippen molar-refractivity contribution in [1.29, 1.82) is 0 Å². The zero-order valence-electron chi connectivity index (χ0n) is 15.7. The summed E-state index contributed by atoms with van der Waals surface area (Å²) in [5.41, 5.74) is 0.922. The number of carbonyl (C=O) groups excluding carboxylic acids is 1. The van der Waals surface area contributed by atoms with Crippen molar-refractivity contribution in [2.45, 2.75) is 0 Å². The molecule has 0 heterocycles. The quantitative estimate of drug-likeness (QED) is 0.356. The van der Waals surface area contributed by atoms with Gasteiger partial charge in [-0.3, -0.25) is 10.1 Å². The van der Waals surface area contributed by atoms with Gasteiger partial charge >= 0.3 is 0 Å². The van der Waals surface area contributed by atoms with Gasteiger partial charge in [0.2, 0.25) is 0 Å². The van der Waals surface area contributed by atoms with E-state index in [-0.39, 0.29) is 5.11 Å². The number of amides is 1. The summed E-state index contributed by atoms with van der Waals surface area (Å²) in [4.78, 5) is 12.4. The van der Waals surface area contributed by atoms with Crippen LogP contribution in [0.5, 0.6) is 11.5 Å². The van der Waals surface area contributed by atoms with Crippen molar-refractivity contribution >= 4 is 52.1 Å². The lowest BCUT2D eigenvalue weighted by Gasteiger charge is -2.15. The molecule has 5 nitrogen and oxygen atoms in total. The average Bonchev–Trinajstić information content (AvgIpc) is 2.72. The van der Waals surface area contributed by atoms with Crippen LogP contribution in [0.15, 0.2) is 72.8 Å². The maximum absolute atomic E-state index is 12.4. The van der Waals surface area contributed by atoms with Crippen LogP contribution in [0.2, 0.25) is 10.0 Å². The Kier molecular flexibility index (Phi) is 7.90. The lowest BCUT2D eigenvalue weighted by atomic mass is 10.2. The highest BCUT2D eigenvalue weighted by atomic mass is 35.5. The molecule has 30 heavy (non-hydrogen) atoms. The van der Waals surface area contributed by atoms with Gasteiger partial charge in [0.1, 0.15) is 24.7 Å². The highest BCUT2D eigenvalue weighted by molar-refractivity contribution is 7.80. The van der Waals surface area contributed by atoms with Crippen LogP contribution in [0.3, 0.4) is 0 Å². The first-order valence-corrected chi connectivity index (χ1v) is 10.2. The topological polar surface area (TPSA) is 59.6 Å². The number of thiocarbonyl (C=S) groups is 1. The van der Waals surface area contributed by atoms with Gasteiger partial charge in [-0.05, 0) is 54.7 Å². The Balaban J connectivity index is 1.54. The van der Waals surface area contributed by atoms with Gasteiger partial charge in [0.15, 0.2) is 5.11 Å². The molecule has 1 amide bonds. The van der Waals surface area contributed by atoms with Crippen LogP contribution < -0.4 is 20.1 Å². The number of anilines is 1. The van der Waals surface area contributed by atoms with Crippen LogP contribution in [0.4, 0.5) is 5.69 Å². The molecule has 0 aromatic heterocycles. The van der Waals surface area contributed by atoms with Crippen LogP contribution in [0.1, 0.15) is 10.4 Å². The Bertz CT molecular complexity index is 1010. The van der Waals surface area contributed by atoms with Gasteiger partial charge < -0.3 is 14.8 Å². The molecule has 0 aliphatic heterocycles. The van der Waals surface area contributed by atoms with Crippen LogP contribution in [-0.4, -0.2) is 24.2 Å². The fourth-order valence-electron chi connectivity index (χ4n) is 2.54. The molecule has 0 saturated carbocycles. The molecule has 0 aliphatic carbocycles. The minimum absolute atomic E-state index is 0.118. The highest BCUT2D eigenvalue weighted by Gasteiger charge is 2.11. The molecule has 0 fully saturated rings. The SMILES string of the molecule is O=C(NC(=S)Nc1ccccc1OCCOc1ccccc1)c1cc(Cl)cc(Cl)c1. The van der Waals surface area contributed by atoms with E-state index in [9.17, 15) is 4.79 Å². The smallest absolute Gasteiger partial charge is 0.257 e. The first-order valence-electron chi connectivity index (χ1n) is 8.99. The van der Waals surface area contributed by atoms with Crippen molar-refractivity contribution in [3.05, 3.63) is 88.4 Å². The first-order chi connectivity index (χ1) is 14.5. The molecule has 3 rings (SSSR count). The van der Waals surface area contributed by atoms with E-state index in [1.165, 1.54) is 12.1 Å². The molecule has 3 aromatic rings. The van der Waals surface area contributed by atoms with E-state index in [4.69, 9.17) is 44.9 Å². The summed E-state index contributed by atoms with van der Waals surface area (Å²) in [6.45, 7) is 0.725. The second-order valence-corrected chi connectivity index (χ2v) is 7.35. The van der Waals surface area contributed by atoms with E-state index in [0.29, 0.717) is 40.3 Å². The molecule has 0 radical (unpaired) electrons. The minimum atomic E-state index is -0.424. The summed E-state index contributed by atoms with van der Waals surface area (Å²) >= 11 is 17.1. The Labute approximate surface area is 189 Å². The monoisotopic (exact) mass is 460 g/mol. The van der Waals surface area contributed by atoms with Gasteiger partial charge in [-0.15, -0.1) is 0 Å². The Morgan fingerprint density at radius 3 is 2.23 bits per heavy atom. The van der Waals surface area contributed by atoms with Crippen molar-refractivity contribution in [1.82, 2.24) is 5.32 Å². The third-order valence-electron chi connectivity index (χ3n) is 3.84. The zero-order chi connectivity index (χ0) is 21.3. The number of para-hydroxylation sites is 3. The van der Waals surface area contributed by atoms with Gasteiger partial charge in [-0.25, -0.2) is 0 Å². The van der Waals surface area contributed by atoms with Crippen molar-refractivity contribution < 1.29 is 14.3 Å². The van der Waals surface area contributed by atoms with Gasteiger partial charge in [-0.2, -0.15) is 0 Å². The lowest BCUT2D eigenvalue weighted by molar-refractivity contribution is 0.0977. The molecule has 3 aromatic carbocycles. The second-order valence-electron chi connectivity index (χ2n) is 6.07. The molecular formula is C22H18Cl2N2O3S. The number of nitrogens with one attached hydrogen (secondary N) is 2. The molecule has 8 heteroatoms. The number of benzene rings is 3. The molecule has 0 atom stereocenters. The molecular weight excluding hydrogens is 443 g/mol. The number of hydrogen-bond acceptors (Lipinski definition) is 4. The summed E-state index contributed by atoms with van der Waals surface area (Å²) in [5, 5.41) is 6.41. The molecule has 0 saturated heterocycles. The number of halogens is 2. The van der Waals surface area contributed by atoms with Crippen molar-refractivity contribution in [3.63, 3.8) is 0 Å². The Morgan fingerprint density at radius 1 is 0.867 bits per heavy atom. The summed E-state index contributed by atoms with van der Waals surface area (Å²) in [6.07, 6.45) is 0. The fourth-order valence-corrected chi connectivity index (χ4v) is 3.27. The molecule has 2 N–H and O–H groups in total. The van der Waals surface area contributed by atoms with E-state index in [2.05, 4.69) is 10.6 Å². The predicted molar refractivity (Wildman–Crippen MR) is 124 cm³/mol. The van der Waals surface area contributed by atoms with Crippen LogP contribution >= 0.6 is 35.4 Å². The number of ether oxygens (including phenoxy) is 2. The molecule has 0 aliphatic rings. The number of hydrogen-bond donors (Lipinski definition) is 2. The predicted octanol–water partition coefficient (Wildman–Crippen LogP) is 5.58. The Hall–Kier alpha value is -2.80. The standard InChI is InChI=1S/C22H18Cl2N2O3S/c23-16-12-15(13-17(24)14-16)21(27)26-22(30)25-19-8-4-5-9-20(19)29-11-10-28-18-6-2-1-3-7-18/h1-9,12-14H,10-11H2,(H2,25,26,27,30). The molecule has 154 valence electrons. The molecule has 0 unspecified atom stereocenters. The van der Waals surface area contributed by atoms with Crippen molar-refractivity contribution in [2.24, 2.45) is 0 Å². The summed E-state index contributed by atoms with van der Waals surface area (Å²) < 4.78 is 11.4. The Morgan fingerprint density at radius 2 is 1.50 bits per heavy atom. The zero-order valence-corrected chi connectivity index (χ0v) is 18.1. The van der Waals surface area contributed by atoms with Gasteiger partial charge in [0.25, 0.3) is 5.91 Å². The van der Waals surface area contributed by atoms with E-state index in [0.717, 1.165) is 5.75 Å².